The zero-order chi connectivity index (χ0) is 9.98. The number of carbonyl (C=O) groups excluding carboxylic acids is 1. The van der Waals surface area contributed by atoms with Crippen LogP contribution in [0.2, 0.25) is 0 Å². The first-order valence-electron chi connectivity index (χ1n) is 3.93. The van der Waals surface area contributed by atoms with E-state index < -0.39 is 0 Å². The molecular weight excluding hydrogens is 154 g/mol. The Morgan fingerprint density at radius 1 is 1.58 bits per heavy atom. The van der Waals surface area contributed by atoms with E-state index in [1.807, 2.05) is 19.8 Å². The molecule has 0 aromatic heterocycles. The standard InChI is InChI=1S/C7H11NO2.C2H6/c1-4-7(9)8(2)5-6-10-3;1-2/h1H,5-6H2,2-3H3;1-2H3. The van der Waals surface area contributed by atoms with Crippen LogP contribution in [0.25, 0.3) is 0 Å². The van der Waals surface area contributed by atoms with Crippen LogP contribution in [-0.2, 0) is 9.53 Å². The number of amides is 1. The summed E-state index contributed by atoms with van der Waals surface area (Å²) in [5.41, 5.74) is 0. The molecule has 0 radical (unpaired) electrons. The van der Waals surface area contributed by atoms with Crippen LogP contribution in [0.15, 0.2) is 0 Å². The van der Waals surface area contributed by atoms with Crippen LogP contribution < -0.4 is 0 Å². The van der Waals surface area contributed by atoms with Gasteiger partial charge >= 0.3 is 0 Å². The molecule has 70 valence electrons. The van der Waals surface area contributed by atoms with Crippen molar-refractivity contribution < 1.29 is 9.53 Å². The van der Waals surface area contributed by atoms with Gasteiger partial charge in [-0.3, -0.25) is 4.79 Å². The average Bonchev–Trinajstić information content (AvgIpc) is 2.16. The molecule has 0 saturated carbocycles. The van der Waals surface area contributed by atoms with Gasteiger partial charge in [-0.1, -0.05) is 13.8 Å². The molecule has 1 amide bonds. The Hall–Kier alpha value is -1.01. The Balaban J connectivity index is 0. The minimum Gasteiger partial charge on any atom is -0.383 e. The third kappa shape index (κ3) is 7.10. The van der Waals surface area contributed by atoms with E-state index in [1.54, 1.807) is 14.2 Å². The van der Waals surface area contributed by atoms with Crippen molar-refractivity contribution in [2.45, 2.75) is 13.8 Å². The third-order valence-corrected chi connectivity index (χ3v) is 1.10. The Bertz CT molecular complexity index is 149. The Labute approximate surface area is 74.7 Å². The summed E-state index contributed by atoms with van der Waals surface area (Å²) in [5.74, 6) is 1.70. The van der Waals surface area contributed by atoms with Gasteiger partial charge in [-0.2, -0.15) is 0 Å². The molecule has 0 aromatic carbocycles. The molecule has 0 saturated heterocycles. The highest BCUT2D eigenvalue weighted by molar-refractivity contribution is 5.92. The molecule has 12 heavy (non-hydrogen) atoms. The molecule has 0 atom stereocenters. The zero-order valence-corrected chi connectivity index (χ0v) is 8.26. The van der Waals surface area contributed by atoms with Gasteiger partial charge in [0.2, 0.25) is 0 Å². The van der Waals surface area contributed by atoms with Crippen molar-refractivity contribution in [3.63, 3.8) is 0 Å². The summed E-state index contributed by atoms with van der Waals surface area (Å²) in [6, 6.07) is 0. The van der Waals surface area contributed by atoms with Crippen molar-refractivity contribution in [1.29, 1.82) is 0 Å². The van der Waals surface area contributed by atoms with Crippen LogP contribution in [0.1, 0.15) is 13.8 Å². The van der Waals surface area contributed by atoms with Crippen LogP contribution in [0.5, 0.6) is 0 Å². The Morgan fingerprint density at radius 3 is 2.42 bits per heavy atom. The van der Waals surface area contributed by atoms with Gasteiger partial charge in [-0.25, -0.2) is 0 Å². The molecule has 0 aromatic rings. The highest BCUT2D eigenvalue weighted by Gasteiger charge is 2.01. The summed E-state index contributed by atoms with van der Waals surface area (Å²) in [6.45, 7) is 5.06. The second-order valence-corrected chi connectivity index (χ2v) is 1.86. The SMILES string of the molecule is C#CC(=O)N(C)CCOC.CC. The summed E-state index contributed by atoms with van der Waals surface area (Å²) in [4.78, 5) is 12.1. The van der Waals surface area contributed by atoms with Gasteiger partial charge in [0.1, 0.15) is 0 Å². The highest BCUT2D eigenvalue weighted by Crippen LogP contribution is 1.81. The van der Waals surface area contributed by atoms with Crippen LogP contribution in [0, 0.1) is 12.3 Å². The van der Waals surface area contributed by atoms with E-state index in [2.05, 4.69) is 0 Å². The number of hydrogen-bond donors (Lipinski definition) is 0. The summed E-state index contributed by atoms with van der Waals surface area (Å²) in [7, 11) is 3.22. The normalized spacial score (nSPS) is 7.58. The fraction of sp³-hybridized carbons (Fsp3) is 0.667. The molecule has 0 aliphatic heterocycles. The van der Waals surface area contributed by atoms with E-state index in [0.29, 0.717) is 13.2 Å². The van der Waals surface area contributed by atoms with Crippen molar-refractivity contribution in [1.82, 2.24) is 4.90 Å². The highest BCUT2D eigenvalue weighted by atomic mass is 16.5. The number of terminal acetylenes is 1. The molecule has 0 aliphatic rings. The van der Waals surface area contributed by atoms with Gasteiger partial charge in [0.25, 0.3) is 5.91 Å². The predicted octanol–water partition coefficient (Wildman–Crippen LogP) is 0.751. The second-order valence-electron chi connectivity index (χ2n) is 1.86. The fourth-order valence-corrected chi connectivity index (χ4v) is 0.440. The lowest BCUT2D eigenvalue weighted by Crippen LogP contribution is -2.28. The third-order valence-electron chi connectivity index (χ3n) is 1.10. The van der Waals surface area contributed by atoms with E-state index in [0.717, 1.165) is 0 Å². The molecule has 0 rings (SSSR count). The fourth-order valence-electron chi connectivity index (χ4n) is 0.440. The van der Waals surface area contributed by atoms with E-state index in [4.69, 9.17) is 11.2 Å². The van der Waals surface area contributed by atoms with Crippen LogP contribution in [0.4, 0.5) is 0 Å². The molecule has 0 N–H and O–H groups in total. The monoisotopic (exact) mass is 171 g/mol. The van der Waals surface area contributed by atoms with Gasteiger partial charge in [0.15, 0.2) is 0 Å². The topological polar surface area (TPSA) is 29.5 Å². The molecule has 0 heterocycles. The van der Waals surface area contributed by atoms with Crippen LogP contribution in [0.3, 0.4) is 0 Å². The number of likely N-dealkylation sites (N-methyl/N-ethyl adjacent to an activating group) is 1. The number of ether oxygens (including phenoxy) is 1. The Kier molecular flexibility index (Phi) is 11.3. The summed E-state index contributed by atoms with van der Waals surface area (Å²) < 4.78 is 4.74. The van der Waals surface area contributed by atoms with Crippen molar-refractivity contribution in [2.75, 3.05) is 27.3 Å². The minimum atomic E-state index is -0.308. The largest absolute Gasteiger partial charge is 0.383 e. The first-order chi connectivity index (χ1) is 5.72. The predicted molar refractivity (Wildman–Crippen MR) is 49.7 cm³/mol. The van der Waals surface area contributed by atoms with Crippen molar-refractivity contribution in [2.24, 2.45) is 0 Å². The summed E-state index contributed by atoms with van der Waals surface area (Å²) in [6.07, 6.45) is 4.86. The maximum Gasteiger partial charge on any atom is 0.298 e. The quantitative estimate of drug-likeness (QED) is 0.586. The molecule has 0 unspecified atom stereocenters. The van der Waals surface area contributed by atoms with E-state index in [-0.39, 0.29) is 5.91 Å². The number of methoxy groups -OCH3 is 1. The second kappa shape index (κ2) is 9.99. The maximum atomic E-state index is 10.7. The first kappa shape index (κ1) is 13.6. The smallest absolute Gasteiger partial charge is 0.298 e. The lowest BCUT2D eigenvalue weighted by atomic mass is 10.5. The average molecular weight is 171 g/mol. The van der Waals surface area contributed by atoms with E-state index in [1.165, 1.54) is 4.90 Å². The molecule has 0 fully saturated rings. The molecule has 0 spiro atoms. The van der Waals surface area contributed by atoms with E-state index >= 15 is 0 Å². The number of rotatable bonds is 3. The van der Waals surface area contributed by atoms with E-state index in [9.17, 15) is 4.79 Å². The summed E-state index contributed by atoms with van der Waals surface area (Å²) >= 11 is 0. The van der Waals surface area contributed by atoms with Crippen LogP contribution in [-0.4, -0.2) is 38.1 Å². The Morgan fingerprint density at radius 2 is 2.08 bits per heavy atom. The number of carbonyl (C=O) groups is 1. The van der Waals surface area contributed by atoms with Gasteiger partial charge in [-0.05, 0) is 5.92 Å². The molecule has 0 bridgehead atoms. The number of nitrogens with zero attached hydrogens (tertiary/aromatic N) is 1. The summed E-state index contributed by atoms with van der Waals surface area (Å²) in [5, 5.41) is 0. The van der Waals surface area contributed by atoms with Gasteiger partial charge in [0.05, 0.1) is 6.61 Å². The molecular formula is C9H17NO2. The van der Waals surface area contributed by atoms with Crippen molar-refractivity contribution in [3.8, 4) is 12.3 Å². The molecule has 3 nitrogen and oxygen atoms in total. The van der Waals surface area contributed by atoms with Crippen molar-refractivity contribution >= 4 is 5.91 Å². The molecule has 0 aliphatic carbocycles. The lowest BCUT2D eigenvalue weighted by Gasteiger charge is -2.11. The van der Waals surface area contributed by atoms with Gasteiger partial charge < -0.3 is 9.64 Å². The maximum absolute atomic E-state index is 10.7. The van der Waals surface area contributed by atoms with Gasteiger partial charge in [0, 0.05) is 20.7 Å². The zero-order valence-electron chi connectivity index (χ0n) is 8.26. The minimum absolute atomic E-state index is 0.308. The van der Waals surface area contributed by atoms with Crippen LogP contribution >= 0.6 is 0 Å². The van der Waals surface area contributed by atoms with Crippen molar-refractivity contribution in [3.05, 3.63) is 0 Å². The molecule has 3 heteroatoms. The first-order valence-corrected chi connectivity index (χ1v) is 3.93. The lowest BCUT2D eigenvalue weighted by molar-refractivity contribution is -0.124. The van der Waals surface area contributed by atoms with Gasteiger partial charge in [-0.15, -0.1) is 6.42 Å². The number of hydrogen-bond acceptors (Lipinski definition) is 2.